The van der Waals surface area contributed by atoms with E-state index in [-0.39, 0.29) is 11.3 Å². The lowest BCUT2D eigenvalue weighted by Crippen LogP contribution is -2.29. The van der Waals surface area contributed by atoms with Crippen LogP contribution in [0.1, 0.15) is 61.9 Å². The summed E-state index contributed by atoms with van der Waals surface area (Å²) in [4.78, 5) is 30.8. The van der Waals surface area contributed by atoms with Gasteiger partial charge in [-0.3, -0.25) is 14.5 Å². The van der Waals surface area contributed by atoms with E-state index in [9.17, 15) is 14.7 Å². The second-order valence-corrected chi connectivity index (χ2v) is 9.88. The van der Waals surface area contributed by atoms with Crippen LogP contribution in [0.3, 0.4) is 0 Å². The van der Waals surface area contributed by atoms with Gasteiger partial charge in [0.15, 0.2) is 0 Å². The Kier molecular flexibility index (Phi) is 7.91. The number of aliphatic hydroxyl groups excluding tert-OH is 1. The number of aliphatic hydroxyl groups is 1. The first-order chi connectivity index (χ1) is 18.2. The molecular formula is C32H36N2O4. The van der Waals surface area contributed by atoms with Crippen LogP contribution >= 0.6 is 0 Å². The van der Waals surface area contributed by atoms with Crippen molar-refractivity contribution in [2.45, 2.75) is 46.6 Å². The van der Waals surface area contributed by atoms with Crippen molar-refractivity contribution >= 4 is 28.8 Å². The number of hydrogen-bond donors (Lipinski definition) is 1. The second-order valence-electron chi connectivity index (χ2n) is 9.88. The van der Waals surface area contributed by atoms with Crippen LogP contribution < -0.4 is 14.5 Å². The molecule has 38 heavy (non-hydrogen) atoms. The zero-order valence-corrected chi connectivity index (χ0v) is 23.0. The minimum absolute atomic E-state index is 0.0439. The number of ether oxygens (including phenoxy) is 1. The van der Waals surface area contributed by atoms with Crippen molar-refractivity contribution < 1.29 is 19.4 Å². The highest BCUT2D eigenvalue weighted by molar-refractivity contribution is 6.51. The summed E-state index contributed by atoms with van der Waals surface area (Å²) in [6, 6.07) is 20.1. The van der Waals surface area contributed by atoms with Crippen LogP contribution in [0.2, 0.25) is 0 Å². The summed E-state index contributed by atoms with van der Waals surface area (Å²) in [7, 11) is 1.51. The molecule has 1 heterocycles. The van der Waals surface area contributed by atoms with Gasteiger partial charge in [-0.25, -0.2) is 0 Å². The number of rotatable bonds is 8. The Morgan fingerprint density at radius 2 is 1.61 bits per heavy atom. The topological polar surface area (TPSA) is 70.1 Å². The molecule has 1 unspecified atom stereocenters. The lowest BCUT2D eigenvalue weighted by molar-refractivity contribution is -0.132. The Balaban J connectivity index is 1.92. The van der Waals surface area contributed by atoms with Gasteiger partial charge < -0.3 is 14.7 Å². The van der Waals surface area contributed by atoms with Crippen molar-refractivity contribution in [3.8, 4) is 5.75 Å². The second kappa shape index (κ2) is 11.1. The summed E-state index contributed by atoms with van der Waals surface area (Å²) in [5, 5.41) is 11.6. The van der Waals surface area contributed by atoms with Crippen LogP contribution in [0.25, 0.3) is 5.76 Å². The predicted octanol–water partition coefficient (Wildman–Crippen LogP) is 6.60. The molecule has 0 aromatic heterocycles. The lowest BCUT2D eigenvalue weighted by atomic mass is 9.94. The molecule has 1 aliphatic heterocycles. The summed E-state index contributed by atoms with van der Waals surface area (Å²) in [5.74, 6) is -0.888. The number of methoxy groups -OCH3 is 1. The third-order valence-corrected chi connectivity index (χ3v) is 7.23. The average molecular weight is 513 g/mol. The summed E-state index contributed by atoms with van der Waals surface area (Å²) < 4.78 is 5.49. The zero-order chi connectivity index (χ0) is 27.6. The van der Waals surface area contributed by atoms with Crippen molar-refractivity contribution in [1.82, 2.24) is 0 Å². The van der Waals surface area contributed by atoms with Crippen molar-refractivity contribution in [2.24, 2.45) is 0 Å². The maximum absolute atomic E-state index is 13.6. The molecule has 1 N–H and O–H groups in total. The number of carbonyl (C=O) groups is 2. The molecule has 0 radical (unpaired) electrons. The van der Waals surface area contributed by atoms with E-state index in [0.717, 1.165) is 35.5 Å². The number of amides is 1. The summed E-state index contributed by atoms with van der Waals surface area (Å²) >= 11 is 0. The Labute approximate surface area is 225 Å². The van der Waals surface area contributed by atoms with Gasteiger partial charge in [-0.15, -0.1) is 0 Å². The number of hydrogen-bond acceptors (Lipinski definition) is 5. The monoisotopic (exact) mass is 512 g/mol. The first-order valence-electron chi connectivity index (χ1n) is 13.1. The van der Waals surface area contributed by atoms with E-state index in [0.29, 0.717) is 22.9 Å². The van der Waals surface area contributed by atoms with Crippen LogP contribution in [0.4, 0.5) is 11.4 Å². The quantitative estimate of drug-likeness (QED) is 0.209. The minimum atomic E-state index is -0.795. The number of benzene rings is 3. The highest BCUT2D eigenvalue weighted by Gasteiger charge is 2.47. The molecule has 6 heteroatoms. The van der Waals surface area contributed by atoms with E-state index in [1.807, 2.05) is 61.5 Å². The normalized spacial score (nSPS) is 16.8. The van der Waals surface area contributed by atoms with Gasteiger partial charge in [-0.05, 0) is 74.2 Å². The first-order valence-corrected chi connectivity index (χ1v) is 13.1. The highest BCUT2D eigenvalue weighted by Crippen LogP contribution is 2.44. The zero-order valence-electron chi connectivity index (χ0n) is 23.0. The molecule has 0 saturated carbocycles. The van der Waals surface area contributed by atoms with Gasteiger partial charge in [0.1, 0.15) is 11.5 Å². The van der Waals surface area contributed by atoms with Gasteiger partial charge in [0.2, 0.25) is 0 Å². The van der Waals surface area contributed by atoms with E-state index in [4.69, 9.17) is 4.74 Å². The standard InChI is InChI=1S/C32H36N2O4/c1-7-33(8-2)24-14-12-23(13-15-24)29-28(30(35)26-19-21(5)9-18-27(26)38-6)31(36)32(37)34(29)25-16-10-22(11-17-25)20(3)4/h9-20,29,35H,7-8H2,1-6H3/b30-28+. The molecule has 0 aliphatic carbocycles. The Hall–Kier alpha value is -4.06. The van der Waals surface area contributed by atoms with Crippen molar-refractivity contribution in [2.75, 3.05) is 30.0 Å². The number of ketones is 1. The van der Waals surface area contributed by atoms with Crippen molar-refractivity contribution in [3.05, 3.63) is 94.6 Å². The Morgan fingerprint density at radius 3 is 2.16 bits per heavy atom. The molecule has 1 aliphatic rings. The van der Waals surface area contributed by atoms with E-state index in [2.05, 4.69) is 32.6 Å². The van der Waals surface area contributed by atoms with Crippen LogP contribution in [-0.2, 0) is 9.59 Å². The third kappa shape index (κ3) is 4.91. The average Bonchev–Trinajstić information content (AvgIpc) is 3.19. The van der Waals surface area contributed by atoms with Crippen molar-refractivity contribution in [3.63, 3.8) is 0 Å². The maximum atomic E-state index is 13.6. The van der Waals surface area contributed by atoms with Gasteiger partial charge in [-0.1, -0.05) is 49.7 Å². The number of anilines is 2. The first kappa shape index (κ1) is 27.0. The third-order valence-electron chi connectivity index (χ3n) is 7.23. The molecule has 0 bridgehead atoms. The fourth-order valence-corrected chi connectivity index (χ4v) is 5.04. The molecule has 3 aromatic rings. The maximum Gasteiger partial charge on any atom is 0.300 e. The van der Waals surface area contributed by atoms with Crippen LogP contribution in [-0.4, -0.2) is 37.0 Å². The van der Waals surface area contributed by atoms with Gasteiger partial charge in [0.05, 0.1) is 24.3 Å². The highest BCUT2D eigenvalue weighted by atomic mass is 16.5. The molecule has 3 aromatic carbocycles. The van der Waals surface area contributed by atoms with Gasteiger partial charge in [-0.2, -0.15) is 0 Å². The molecule has 0 spiro atoms. The van der Waals surface area contributed by atoms with E-state index in [1.165, 1.54) is 12.0 Å². The van der Waals surface area contributed by atoms with Crippen LogP contribution in [0.15, 0.2) is 72.3 Å². The molecule has 1 atom stereocenters. The van der Waals surface area contributed by atoms with E-state index < -0.39 is 17.7 Å². The fraction of sp³-hybridized carbons (Fsp3) is 0.312. The molecule has 198 valence electrons. The van der Waals surface area contributed by atoms with Crippen molar-refractivity contribution in [1.29, 1.82) is 0 Å². The number of nitrogens with zero attached hydrogens (tertiary/aromatic N) is 2. The molecule has 1 fully saturated rings. The summed E-state index contributed by atoms with van der Waals surface area (Å²) in [6.45, 7) is 12.0. The van der Waals surface area contributed by atoms with E-state index >= 15 is 0 Å². The fourth-order valence-electron chi connectivity index (χ4n) is 5.04. The summed E-state index contributed by atoms with van der Waals surface area (Å²) in [6.07, 6.45) is 0. The number of carbonyl (C=O) groups excluding carboxylic acids is 2. The predicted molar refractivity (Wildman–Crippen MR) is 153 cm³/mol. The molecule has 1 saturated heterocycles. The smallest absolute Gasteiger partial charge is 0.300 e. The minimum Gasteiger partial charge on any atom is -0.507 e. The van der Waals surface area contributed by atoms with Gasteiger partial charge in [0, 0.05) is 24.5 Å². The summed E-state index contributed by atoms with van der Waals surface area (Å²) in [5.41, 5.74) is 4.84. The SMILES string of the molecule is CCN(CC)c1ccc(C2/C(=C(\O)c3cc(C)ccc3OC)C(=O)C(=O)N2c2ccc(C(C)C)cc2)cc1. The molecule has 4 rings (SSSR count). The van der Waals surface area contributed by atoms with Crippen LogP contribution in [0, 0.1) is 6.92 Å². The van der Waals surface area contributed by atoms with Gasteiger partial charge in [0.25, 0.3) is 11.7 Å². The number of Topliss-reactive ketones (excluding diaryl/α,β-unsaturated/α-hetero) is 1. The number of aryl methyl sites for hydroxylation is 1. The van der Waals surface area contributed by atoms with Gasteiger partial charge >= 0.3 is 0 Å². The lowest BCUT2D eigenvalue weighted by Gasteiger charge is -2.27. The largest absolute Gasteiger partial charge is 0.507 e. The molecular weight excluding hydrogens is 476 g/mol. The molecule has 6 nitrogen and oxygen atoms in total. The molecule has 1 amide bonds. The van der Waals surface area contributed by atoms with E-state index in [1.54, 1.807) is 12.1 Å². The van der Waals surface area contributed by atoms with Crippen LogP contribution in [0.5, 0.6) is 5.75 Å². The Bertz CT molecular complexity index is 1350. The Morgan fingerprint density at radius 1 is 0.974 bits per heavy atom.